The molecule has 0 spiro atoms. The van der Waals surface area contributed by atoms with Gasteiger partial charge in [-0.1, -0.05) is 133 Å². The number of fused-ring (bicyclic) bond motifs is 6. The molecule has 2 aromatic heterocycles. The zero-order valence-electron chi connectivity index (χ0n) is 28.1. The molecule has 0 N–H and O–H groups in total. The Morgan fingerprint density at radius 3 is 1.60 bits per heavy atom. The molecular weight excluding hydrogens is 631 g/mol. The molecule has 0 aliphatic heterocycles. The molecule has 2 heterocycles. The summed E-state index contributed by atoms with van der Waals surface area (Å²) in [6, 6.07) is 64.5. The normalized spacial score (nSPS) is 11.3. The summed E-state index contributed by atoms with van der Waals surface area (Å²) in [7, 11) is 0. The van der Waals surface area contributed by atoms with Gasteiger partial charge in [-0.3, -0.25) is 4.98 Å². The van der Waals surface area contributed by atoms with Crippen LogP contribution in [0.2, 0.25) is 0 Å². The summed E-state index contributed by atoms with van der Waals surface area (Å²) in [5, 5.41) is 9.53. The number of nitrogens with zero attached hydrogens (tertiary/aromatic N) is 3. The Bertz CT molecular complexity index is 2950. The van der Waals surface area contributed by atoms with Crippen molar-refractivity contribution >= 4 is 43.1 Å². The number of hydrogen-bond acceptors (Lipinski definition) is 3. The Kier molecular flexibility index (Phi) is 7.04. The highest BCUT2D eigenvalue weighted by molar-refractivity contribution is 6.14. The van der Waals surface area contributed by atoms with Gasteiger partial charge in [0.2, 0.25) is 0 Å². The van der Waals surface area contributed by atoms with Crippen molar-refractivity contribution in [2.24, 2.45) is 0 Å². The molecule has 0 bridgehead atoms. The van der Waals surface area contributed by atoms with Gasteiger partial charge in [-0.2, -0.15) is 0 Å². The SMILES string of the molecule is c1c(-c2cc(-c3cccc(-c4cccnc4)c3)nc(-c3cc4ccccc4c4ccccc34)n2)ccc(-c2cc3ccccc3c3ccccc23)c#1. The van der Waals surface area contributed by atoms with Gasteiger partial charge in [0.1, 0.15) is 0 Å². The number of pyridine rings is 1. The van der Waals surface area contributed by atoms with E-state index >= 15 is 0 Å². The van der Waals surface area contributed by atoms with Gasteiger partial charge in [-0.15, -0.1) is 0 Å². The smallest absolute Gasteiger partial charge is 0.161 e. The van der Waals surface area contributed by atoms with Crippen LogP contribution in [0.25, 0.3) is 99.2 Å². The van der Waals surface area contributed by atoms with E-state index in [1.54, 1.807) is 6.20 Å². The highest BCUT2D eigenvalue weighted by Gasteiger charge is 2.16. The third-order valence-corrected chi connectivity index (χ3v) is 9.97. The lowest BCUT2D eigenvalue weighted by Gasteiger charge is -2.13. The third kappa shape index (κ3) is 5.14. The van der Waals surface area contributed by atoms with E-state index < -0.39 is 0 Å². The van der Waals surface area contributed by atoms with Crippen LogP contribution in [0.5, 0.6) is 0 Å². The molecule has 0 amide bonds. The van der Waals surface area contributed by atoms with Crippen LogP contribution < -0.4 is 0 Å². The fraction of sp³-hybridized carbons (Fsp3) is 0. The quantitative estimate of drug-likeness (QED) is 0.173. The van der Waals surface area contributed by atoms with Gasteiger partial charge in [0.25, 0.3) is 0 Å². The summed E-state index contributed by atoms with van der Waals surface area (Å²) >= 11 is 0. The first-order chi connectivity index (χ1) is 25.8. The van der Waals surface area contributed by atoms with Gasteiger partial charge >= 0.3 is 0 Å². The molecule has 8 aromatic carbocycles. The second-order valence-electron chi connectivity index (χ2n) is 13.1. The van der Waals surface area contributed by atoms with Crippen LogP contribution in [0.3, 0.4) is 0 Å². The molecule has 52 heavy (non-hydrogen) atoms. The van der Waals surface area contributed by atoms with E-state index in [0.717, 1.165) is 61.1 Å². The zero-order chi connectivity index (χ0) is 34.4. The lowest BCUT2D eigenvalue weighted by atomic mass is 9.93. The number of aromatic nitrogens is 3. The standard InChI is InChI=1S/C49H29N3/c1-3-16-39-35(11-1)28-45(43-20-7-5-18-41(39)43)32-22-24-33(25-23-32)47-30-48(37-14-9-13-34(27-37)38-15-10-26-50-31-38)52-49(51-47)46-29-36-12-2-4-17-40(36)42-19-6-8-21-44(42)46/h1-22,24,26-31H. The molecule has 0 aliphatic carbocycles. The van der Waals surface area contributed by atoms with Gasteiger partial charge < -0.3 is 0 Å². The van der Waals surface area contributed by atoms with Crippen LogP contribution in [0.1, 0.15) is 0 Å². The fourth-order valence-corrected chi connectivity index (χ4v) is 7.45. The van der Waals surface area contributed by atoms with Crippen molar-refractivity contribution in [1.82, 2.24) is 15.0 Å². The maximum Gasteiger partial charge on any atom is 0.161 e. The molecule has 10 aromatic rings. The molecule has 0 unspecified atom stereocenters. The minimum Gasteiger partial charge on any atom is -0.264 e. The van der Waals surface area contributed by atoms with Gasteiger partial charge in [-0.25, -0.2) is 9.97 Å². The Balaban J connectivity index is 1.16. The van der Waals surface area contributed by atoms with E-state index in [9.17, 15) is 0 Å². The van der Waals surface area contributed by atoms with Crippen molar-refractivity contribution in [2.45, 2.75) is 0 Å². The Hall–Kier alpha value is -7.15. The van der Waals surface area contributed by atoms with Crippen LogP contribution in [0.4, 0.5) is 0 Å². The molecule has 0 saturated carbocycles. The largest absolute Gasteiger partial charge is 0.264 e. The molecule has 0 saturated heterocycles. The van der Waals surface area contributed by atoms with E-state index in [1.807, 2.05) is 12.3 Å². The van der Waals surface area contributed by atoms with E-state index in [0.29, 0.717) is 5.82 Å². The average Bonchev–Trinajstić information content (AvgIpc) is 3.23. The molecule has 3 heteroatoms. The maximum atomic E-state index is 5.27. The lowest BCUT2D eigenvalue weighted by Crippen LogP contribution is -1.97. The first kappa shape index (κ1) is 29.7. The molecule has 0 radical (unpaired) electrons. The molecule has 0 atom stereocenters. The predicted molar refractivity (Wildman–Crippen MR) is 215 cm³/mol. The van der Waals surface area contributed by atoms with Crippen molar-refractivity contribution in [2.75, 3.05) is 0 Å². The highest BCUT2D eigenvalue weighted by atomic mass is 14.9. The van der Waals surface area contributed by atoms with Crippen molar-refractivity contribution in [3.8, 4) is 56.2 Å². The number of hydrogen-bond donors (Lipinski definition) is 0. The zero-order valence-corrected chi connectivity index (χ0v) is 28.1. The van der Waals surface area contributed by atoms with Crippen LogP contribution in [0.15, 0.2) is 176 Å². The lowest BCUT2D eigenvalue weighted by molar-refractivity contribution is 1.19. The maximum absolute atomic E-state index is 5.27. The fourth-order valence-electron chi connectivity index (χ4n) is 7.45. The highest BCUT2D eigenvalue weighted by Crippen LogP contribution is 2.37. The first-order valence-corrected chi connectivity index (χ1v) is 17.4. The first-order valence-electron chi connectivity index (χ1n) is 17.4. The van der Waals surface area contributed by atoms with Crippen molar-refractivity contribution < 1.29 is 0 Å². The van der Waals surface area contributed by atoms with Crippen LogP contribution in [0, 0.1) is 12.1 Å². The summed E-state index contributed by atoms with van der Waals surface area (Å²) in [4.78, 5) is 14.9. The molecule has 240 valence electrons. The van der Waals surface area contributed by atoms with E-state index in [1.165, 1.54) is 32.3 Å². The third-order valence-electron chi connectivity index (χ3n) is 9.97. The Morgan fingerprint density at radius 2 is 0.923 bits per heavy atom. The number of rotatable bonds is 5. The minimum atomic E-state index is 0.666. The summed E-state index contributed by atoms with van der Waals surface area (Å²) in [5.41, 5.74) is 8.72. The topological polar surface area (TPSA) is 38.7 Å². The van der Waals surface area contributed by atoms with E-state index in [-0.39, 0.29) is 0 Å². The molecular formula is C49H29N3. The summed E-state index contributed by atoms with van der Waals surface area (Å²) in [6.45, 7) is 0. The van der Waals surface area contributed by atoms with Crippen molar-refractivity contribution in [3.05, 3.63) is 188 Å². The molecule has 10 rings (SSSR count). The van der Waals surface area contributed by atoms with Crippen LogP contribution >= 0.6 is 0 Å². The van der Waals surface area contributed by atoms with E-state index in [4.69, 9.17) is 9.97 Å². The summed E-state index contributed by atoms with van der Waals surface area (Å²) < 4.78 is 0. The van der Waals surface area contributed by atoms with Gasteiger partial charge in [0.15, 0.2) is 5.82 Å². The Labute approximate surface area is 301 Å². The van der Waals surface area contributed by atoms with Gasteiger partial charge in [-0.05, 0) is 96.7 Å². The molecule has 0 aliphatic rings. The minimum absolute atomic E-state index is 0.666. The monoisotopic (exact) mass is 659 g/mol. The summed E-state index contributed by atoms with van der Waals surface area (Å²) in [5.74, 6) is 0.666. The van der Waals surface area contributed by atoms with E-state index in [2.05, 4.69) is 175 Å². The second-order valence-corrected chi connectivity index (χ2v) is 13.1. The number of benzene rings is 7. The van der Waals surface area contributed by atoms with Crippen molar-refractivity contribution in [1.29, 1.82) is 0 Å². The van der Waals surface area contributed by atoms with Crippen LogP contribution in [-0.4, -0.2) is 15.0 Å². The second kappa shape index (κ2) is 12.3. The van der Waals surface area contributed by atoms with Gasteiger partial charge in [0.05, 0.1) is 17.0 Å². The summed E-state index contributed by atoms with van der Waals surface area (Å²) in [6.07, 6.45) is 3.69. The molecule has 3 nitrogen and oxygen atoms in total. The Morgan fingerprint density at radius 1 is 0.365 bits per heavy atom. The average molecular weight is 660 g/mol. The van der Waals surface area contributed by atoms with Crippen LogP contribution in [-0.2, 0) is 0 Å². The van der Waals surface area contributed by atoms with Crippen molar-refractivity contribution in [3.63, 3.8) is 0 Å². The molecule has 0 fully saturated rings. The predicted octanol–water partition coefficient (Wildman–Crippen LogP) is 12.4. The van der Waals surface area contributed by atoms with Gasteiger partial charge in [0, 0.05) is 34.6 Å².